The van der Waals surface area contributed by atoms with Gasteiger partial charge in [0.25, 0.3) is 0 Å². The molecule has 0 radical (unpaired) electrons. The van der Waals surface area contributed by atoms with Crippen LogP contribution in [0.5, 0.6) is 0 Å². The van der Waals surface area contributed by atoms with E-state index in [2.05, 4.69) is 13.8 Å². The van der Waals surface area contributed by atoms with E-state index in [-0.39, 0.29) is 0 Å². The van der Waals surface area contributed by atoms with E-state index in [1.807, 2.05) is 0 Å². The number of hydrogen-bond acceptors (Lipinski definition) is 2. The predicted octanol–water partition coefficient (Wildman–Crippen LogP) is 3.03. The third-order valence-electron chi connectivity index (χ3n) is 1.80. The molecule has 0 saturated heterocycles. The molecule has 0 aromatic carbocycles. The van der Waals surface area contributed by atoms with Crippen molar-refractivity contribution in [1.29, 1.82) is 0 Å². The van der Waals surface area contributed by atoms with Crippen LogP contribution in [-0.2, 0) is 9.09 Å². The smallest absolute Gasteiger partial charge is 0.324 e. The lowest BCUT2D eigenvalue weighted by atomic mass is 10.1. The lowest BCUT2D eigenvalue weighted by Gasteiger charge is -2.10. The Labute approximate surface area is 81.0 Å². The highest BCUT2D eigenvalue weighted by atomic mass is 31.2. The van der Waals surface area contributed by atoms with Gasteiger partial charge in [0.15, 0.2) is 0 Å². The molecule has 1 N–H and O–H groups in total. The lowest BCUT2D eigenvalue weighted by Crippen LogP contribution is -1.96. The van der Waals surface area contributed by atoms with Crippen LogP contribution in [0.3, 0.4) is 0 Å². The minimum Gasteiger partial charge on any atom is -0.324 e. The van der Waals surface area contributed by atoms with E-state index in [4.69, 9.17) is 4.52 Å². The maximum absolute atomic E-state index is 11.2. The van der Waals surface area contributed by atoms with Gasteiger partial charge < -0.3 is 9.42 Å². The molecular formula is C9H21O3P. The molecule has 1 atom stereocenters. The Hall–Kier alpha value is 0.150. The summed E-state index contributed by atoms with van der Waals surface area (Å²) in [7, 11) is -3.25. The van der Waals surface area contributed by atoms with Crippen molar-refractivity contribution >= 4 is 7.60 Å². The highest BCUT2D eigenvalue weighted by Crippen LogP contribution is 2.42. The van der Waals surface area contributed by atoms with Crippen LogP contribution in [0.2, 0.25) is 0 Å². The number of hydrogen-bond donors (Lipinski definition) is 1. The maximum Gasteiger partial charge on any atom is 0.328 e. The second-order valence-electron chi connectivity index (χ2n) is 3.67. The van der Waals surface area contributed by atoms with Gasteiger partial charge in [-0.05, 0) is 19.3 Å². The first-order valence-electron chi connectivity index (χ1n) is 4.94. The molecule has 0 amide bonds. The molecule has 0 aromatic heterocycles. The van der Waals surface area contributed by atoms with Gasteiger partial charge in [-0.1, -0.05) is 26.7 Å². The number of unbranched alkanes of at least 4 members (excludes halogenated alkanes) is 1. The van der Waals surface area contributed by atoms with Crippen LogP contribution in [0.1, 0.15) is 40.0 Å². The molecule has 0 aliphatic heterocycles. The molecule has 0 aliphatic rings. The zero-order valence-corrected chi connectivity index (χ0v) is 9.72. The standard InChI is InChI=1S/C9H21O3P/c1-4-12-13(10,11)8-6-5-7-9(2)3/h9H,4-8H2,1-3H3,(H,10,11). The average Bonchev–Trinajstić information content (AvgIpc) is 1.98. The van der Waals surface area contributed by atoms with Crippen LogP contribution < -0.4 is 0 Å². The molecule has 0 fully saturated rings. The molecule has 0 saturated carbocycles. The Kier molecular flexibility index (Phi) is 6.66. The summed E-state index contributed by atoms with van der Waals surface area (Å²) >= 11 is 0. The quantitative estimate of drug-likeness (QED) is 0.516. The molecule has 0 spiro atoms. The summed E-state index contributed by atoms with van der Waals surface area (Å²) in [6.45, 7) is 6.36. The lowest BCUT2D eigenvalue weighted by molar-refractivity contribution is 0.272. The first-order chi connectivity index (χ1) is 5.98. The fourth-order valence-electron chi connectivity index (χ4n) is 1.13. The van der Waals surface area contributed by atoms with Gasteiger partial charge in [0, 0.05) is 6.16 Å². The van der Waals surface area contributed by atoms with Crippen molar-refractivity contribution in [2.45, 2.75) is 40.0 Å². The fourth-order valence-corrected chi connectivity index (χ4v) is 2.29. The summed E-state index contributed by atoms with van der Waals surface area (Å²) in [4.78, 5) is 9.21. The molecule has 0 aromatic rings. The zero-order valence-electron chi connectivity index (χ0n) is 8.82. The van der Waals surface area contributed by atoms with Crippen molar-refractivity contribution in [3.05, 3.63) is 0 Å². The Morgan fingerprint density at radius 1 is 1.38 bits per heavy atom. The first kappa shape index (κ1) is 13.2. The SMILES string of the molecule is CCOP(=O)(O)CCCCC(C)C. The van der Waals surface area contributed by atoms with Crippen LogP contribution >= 0.6 is 7.60 Å². The van der Waals surface area contributed by atoms with Crippen molar-refractivity contribution in [3.8, 4) is 0 Å². The molecule has 0 bridgehead atoms. The monoisotopic (exact) mass is 208 g/mol. The van der Waals surface area contributed by atoms with E-state index in [1.165, 1.54) is 0 Å². The minimum absolute atomic E-state index is 0.299. The first-order valence-corrected chi connectivity index (χ1v) is 6.70. The third kappa shape index (κ3) is 8.48. The Balaban J connectivity index is 3.46. The highest BCUT2D eigenvalue weighted by Gasteiger charge is 2.16. The minimum atomic E-state index is -3.25. The van der Waals surface area contributed by atoms with Gasteiger partial charge in [0.2, 0.25) is 0 Å². The van der Waals surface area contributed by atoms with Crippen LogP contribution in [0.4, 0.5) is 0 Å². The molecule has 0 rings (SSSR count). The van der Waals surface area contributed by atoms with Crippen LogP contribution in [0.15, 0.2) is 0 Å². The second kappa shape index (κ2) is 6.58. The number of rotatable bonds is 7. The molecule has 80 valence electrons. The third-order valence-corrected chi connectivity index (χ3v) is 3.35. The second-order valence-corrected chi connectivity index (χ2v) is 5.65. The van der Waals surface area contributed by atoms with E-state index >= 15 is 0 Å². The zero-order chi connectivity index (χ0) is 10.3. The van der Waals surface area contributed by atoms with E-state index in [9.17, 15) is 9.46 Å². The average molecular weight is 208 g/mol. The van der Waals surface area contributed by atoms with Crippen molar-refractivity contribution in [1.82, 2.24) is 0 Å². The van der Waals surface area contributed by atoms with Gasteiger partial charge in [0.1, 0.15) is 0 Å². The summed E-state index contributed by atoms with van der Waals surface area (Å²) in [6, 6.07) is 0. The van der Waals surface area contributed by atoms with E-state index in [0.29, 0.717) is 18.7 Å². The van der Waals surface area contributed by atoms with Crippen LogP contribution in [0.25, 0.3) is 0 Å². The van der Waals surface area contributed by atoms with Crippen molar-refractivity contribution < 1.29 is 14.0 Å². The van der Waals surface area contributed by atoms with Gasteiger partial charge in [-0.15, -0.1) is 0 Å². The normalized spacial score (nSPS) is 16.1. The molecule has 0 aliphatic carbocycles. The highest BCUT2D eigenvalue weighted by molar-refractivity contribution is 7.52. The largest absolute Gasteiger partial charge is 0.328 e. The summed E-state index contributed by atoms with van der Waals surface area (Å²) < 4.78 is 15.9. The maximum atomic E-state index is 11.2. The van der Waals surface area contributed by atoms with Crippen molar-refractivity contribution in [2.24, 2.45) is 5.92 Å². The molecule has 4 heteroatoms. The van der Waals surface area contributed by atoms with Gasteiger partial charge in [-0.3, -0.25) is 4.57 Å². The van der Waals surface area contributed by atoms with Gasteiger partial charge in [0.05, 0.1) is 6.61 Å². The molecule has 0 heterocycles. The predicted molar refractivity (Wildman–Crippen MR) is 55.0 cm³/mol. The van der Waals surface area contributed by atoms with Crippen molar-refractivity contribution in [3.63, 3.8) is 0 Å². The van der Waals surface area contributed by atoms with E-state index in [1.54, 1.807) is 6.92 Å². The Morgan fingerprint density at radius 2 is 2.00 bits per heavy atom. The summed E-state index contributed by atoms with van der Waals surface area (Å²) in [5.74, 6) is 0.671. The molecule has 13 heavy (non-hydrogen) atoms. The molecular weight excluding hydrogens is 187 g/mol. The topological polar surface area (TPSA) is 46.5 Å². The Bertz CT molecular complexity index is 168. The van der Waals surface area contributed by atoms with E-state index < -0.39 is 7.60 Å². The van der Waals surface area contributed by atoms with Crippen LogP contribution in [0, 0.1) is 5.92 Å². The van der Waals surface area contributed by atoms with Gasteiger partial charge >= 0.3 is 7.60 Å². The van der Waals surface area contributed by atoms with Gasteiger partial charge in [-0.25, -0.2) is 0 Å². The van der Waals surface area contributed by atoms with Crippen LogP contribution in [-0.4, -0.2) is 17.7 Å². The summed E-state index contributed by atoms with van der Waals surface area (Å²) in [5, 5.41) is 0. The Morgan fingerprint density at radius 3 is 2.46 bits per heavy atom. The molecule has 1 unspecified atom stereocenters. The fraction of sp³-hybridized carbons (Fsp3) is 1.00. The van der Waals surface area contributed by atoms with Crippen molar-refractivity contribution in [2.75, 3.05) is 12.8 Å². The molecule has 3 nitrogen and oxygen atoms in total. The van der Waals surface area contributed by atoms with E-state index in [0.717, 1.165) is 19.3 Å². The summed E-state index contributed by atoms with van der Waals surface area (Å²) in [5.41, 5.74) is 0. The summed E-state index contributed by atoms with van der Waals surface area (Å²) in [6.07, 6.45) is 3.21. The van der Waals surface area contributed by atoms with Gasteiger partial charge in [-0.2, -0.15) is 0 Å².